The standard InChI is InChI=1S/C57H87N13O23/c1-27(73)39(77)50(85)65-38(40(78)33-20-58-26-68(33)9)49(84)60-21-36(93-11)41(79)42(80)54(89)69(10)32(17-28-15-13-12-14-16-28)48(83)61-22-37(76)64-44(56(5,6)90)52(87)63-31(25-72)47(82)67-45(57(7,8)91)53(88)66-43(55(2,3)4)51(86)62-30(24-71)46(81)59-19-29-18-34(74)35(75)23-70(29)92/h12-16,18,20,23,26-27,30-32,36,38-45,71-73,75,77-80,90-92H,17,19,21-22,24-25H2,1-11H3,(H,59,81)(H,60,84)(H,61,83)(H,62,86)(H,63,87)(H,64,76)(H,65,85)(H,66,88)(H,67,82)/t27-,30-,31-,32-,36-,38+,39+,40+,41-,42-,43+,44+,45+/m0/s1. The van der Waals surface area contributed by atoms with Crippen LogP contribution in [0.1, 0.15) is 78.4 Å². The van der Waals surface area contributed by atoms with Crippen molar-refractivity contribution in [2.24, 2.45) is 12.5 Å². The lowest BCUT2D eigenvalue weighted by molar-refractivity contribution is -0.156. The lowest BCUT2D eigenvalue weighted by Gasteiger charge is -2.36. The van der Waals surface area contributed by atoms with Crippen LogP contribution in [0.5, 0.6) is 5.75 Å². The molecule has 0 saturated carbocycles. The van der Waals surface area contributed by atoms with E-state index in [0.717, 1.165) is 59.7 Å². The summed E-state index contributed by atoms with van der Waals surface area (Å²) in [4.78, 5) is 153. The predicted molar refractivity (Wildman–Crippen MR) is 321 cm³/mol. The Morgan fingerprint density at radius 3 is 1.73 bits per heavy atom. The first-order valence-corrected chi connectivity index (χ1v) is 28.8. The average Bonchev–Trinajstić information content (AvgIpc) is 1.39. The molecule has 0 fully saturated rings. The topological polar surface area (TPSA) is 554 Å². The molecule has 0 radical (unpaired) electrons. The van der Waals surface area contributed by atoms with Gasteiger partial charge in [-0.25, -0.2) is 4.98 Å². The van der Waals surface area contributed by atoms with Crippen LogP contribution in [-0.4, -0.2) is 259 Å². The number of nitrogens with zero attached hydrogens (tertiary/aromatic N) is 4. The first kappa shape index (κ1) is 78.5. The summed E-state index contributed by atoms with van der Waals surface area (Å²) >= 11 is 0. The van der Waals surface area contributed by atoms with Crippen molar-refractivity contribution >= 4 is 59.1 Å². The number of likely N-dealkylation sites (N-methyl/N-ethyl adjacent to an activating group) is 1. The van der Waals surface area contributed by atoms with Gasteiger partial charge >= 0.3 is 0 Å². The number of aliphatic hydroxyl groups is 9. The SMILES string of the molecule is CO[C@@H](CNC(=O)[C@H](NC(=O)[C@H](O)[C@H](C)O)[C@H](O)c1cncn1C)[C@H](O)[C@H](O)C(=O)N(C)[C@@H](Cc1ccccc1)C(=O)NCC(=O)N[C@H](C(=O)N[C@@H](CO)C(=O)N[C@H](C(=O)N[C@H](C(=O)N[C@@H](CO)C(=O)NCc1cc(=O)c(O)cn1O)C(C)(C)C)C(C)(C)O)C(C)(C)O. The van der Waals surface area contributed by atoms with E-state index in [2.05, 4.69) is 52.8 Å². The second-order valence-corrected chi connectivity index (χ2v) is 24.0. The van der Waals surface area contributed by atoms with E-state index in [1.807, 2.05) is 0 Å². The third kappa shape index (κ3) is 22.5. The highest BCUT2D eigenvalue weighted by molar-refractivity contribution is 5.98. The van der Waals surface area contributed by atoms with Gasteiger partial charge in [-0.1, -0.05) is 51.1 Å². The Kier molecular flexibility index (Phi) is 28.9. The first-order chi connectivity index (χ1) is 43.1. The number of hydrogen-bond donors (Lipinski definition) is 20. The monoisotopic (exact) mass is 1320 g/mol. The highest BCUT2D eigenvalue weighted by atomic mass is 16.5. The second kappa shape index (κ2) is 34.3. The van der Waals surface area contributed by atoms with Gasteiger partial charge in [0.2, 0.25) is 52.7 Å². The van der Waals surface area contributed by atoms with Crippen molar-refractivity contribution in [3.8, 4) is 5.75 Å². The molecule has 93 heavy (non-hydrogen) atoms. The van der Waals surface area contributed by atoms with Crippen molar-refractivity contribution in [1.82, 2.24) is 67.0 Å². The van der Waals surface area contributed by atoms with E-state index in [0.29, 0.717) is 16.5 Å². The Labute approximate surface area is 533 Å². The molecule has 0 aliphatic carbocycles. The summed E-state index contributed by atoms with van der Waals surface area (Å²) in [6.45, 7) is 5.44. The number of carbonyl (C=O) groups excluding carboxylic acids is 10. The van der Waals surface area contributed by atoms with Crippen LogP contribution in [0.15, 0.2) is 59.9 Å². The van der Waals surface area contributed by atoms with Crippen molar-refractivity contribution in [3.05, 3.63) is 82.3 Å². The number of hydrogen-bond acceptors (Lipinski definition) is 24. The fraction of sp³-hybridized carbons (Fsp3) is 0.579. The molecule has 2 aromatic heterocycles. The van der Waals surface area contributed by atoms with E-state index < -0.39 is 199 Å². The highest BCUT2D eigenvalue weighted by Gasteiger charge is 2.44. The maximum atomic E-state index is 14.0. The van der Waals surface area contributed by atoms with Gasteiger partial charge in [0.25, 0.3) is 11.8 Å². The van der Waals surface area contributed by atoms with Gasteiger partial charge in [0, 0.05) is 40.2 Å². The third-order valence-corrected chi connectivity index (χ3v) is 14.4. The van der Waals surface area contributed by atoms with Crippen LogP contribution in [0.4, 0.5) is 0 Å². The highest BCUT2D eigenvalue weighted by Crippen LogP contribution is 2.22. The predicted octanol–water partition coefficient (Wildman–Crippen LogP) is -8.86. The molecule has 0 aliphatic rings. The fourth-order valence-electron chi connectivity index (χ4n) is 8.83. The Morgan fingerprint density at radius 1 is 0.677 bits per heavy atom. The van der Waals surface area contributed by atoms with Gasteiger partial charge in [0.05, 0.1) is 73.7 Å². The number of methoxy groups -OCH3 is 1. The van der Waals surface area contributed by atoms with Crippen LogP contribution in [0.2, 0.25) is 0 Å². The van der Waals surface area contributed by atoms with E-state index in [1.165, 1.54) is 44.9 Å². The molecule has 3 rings (SSSR count). The van der Waals surface area contributed by atoms with Crippen molar-refractivity contribution < 1.29 is 109 Å². The number of pyridine rings is 1. The maximum absolute atomic E-state index is 14.0. The fourth-order valence-corrected chi connectivity index (χ4v) is 8.83. The van der Waals surface area contributed by atoms with E-state index in [-0.39, 0.29) is 17.8 Å². The first-order valence-electron chi connectivity index (χ1n) is 28.8. The second-order valence-electron chi connectivity index (χ2n) is 24.0. The summed E-state index contributed by atoms with van der Waals surface area (Å²) < 4.78 is 6.95. The van der Waals surface area contributed by atoms with Crippen molar-refractivity contribution in [2.75, 3.05) is 40.5 Å². The largest absolute Gasteiger partial charge is 0.503 e. The van der Waals surface area contributed by atoms with Crippen LogP contribution in [0, 0.1) is 5.41 Å². The zero-order valence-electron chi connectivity index (χ0n) is 53.1. The quantitative estimate of drug-likeness (QED) is 0.0247. The minimum Gasteiger partial charge on any atom is -0.503 e. The van der Waals surface area contributed by atoms with E-state index in [4.69, 9.17) is 4.74 Å². The van der Waals surface area contributed by atoms with E-state index in [1.54, 1.807) is 30.3 Å². The molecule has 0 aliphatic heterocycles. The molecule has 518 valence electrons. The van der Waals surface area contributed by atoms with E-state index >= 15 is 0 Å². The molecule has 36 nitrogen and oxygen atoms in total. The van der Waals surface area contributed by atoms with Crippen molar-refractivity contribution in [3.63, 3.8) is 0 Å². The summed E-state index contributed by atoms with van der Waals surface area (Å²) in [5.41, 5.74) is -6.19. The summed E-state index contributed by atoms with van der Waals surface area (Å²) in [6.07, 6.45) is -8.76. The molecule has 3 aromatic rings. The number of rotatable bonds is 34. The average molecular weight is 1320 g/mol. The van der Waals surface area contributed by atoms with Gasteiger partial charge in [-0.15, -0.1) is 0 Å². The molecule has 10 amide bonds. The number of benzene rings is 1. The Hall–Kier alpha value is -8.72. The number of imidazole rings is 1. The van der Waals surface area contributed by atoms with Gasteiger partial charge in [-0.05, 0) is 45.6 Å². The Bertz CT molecular complexity index is 3140. The lowest BCUT2D eigenvalue weighted by Crippen LogP contribution is -2.66. The molecule has 1 aromatic carbocycles. The van der Waals surface area contributed by atoms with Crippen LogP contribution in [0.3, 0.4) is 0 Å². The molecule has 36 heteroatoms. The van der Waals surface area contributed by atoms with E-state index in [9.17, 15) is 109 Å². The lowest BCUT2D eigenvalue weighted by atomic mass is 9.85. The number of nitrogens with one attached hydrogen (secondary N) is 9. The number of aromatic nitrogens is 3. The number of carbonyl (C=O) groups is 10. The summed E-state index contributed by atoms with van der Waals surface area (Å²) in [5, 5.41) is 136. The molecule has 0 bridgehead atoms. The maximum Gasteiger partial charge on any atom is 0.254 e. The van der Waals surface area contributed by atoms with Crippen LogP contribution in [0.25, 0.3) is 0 Å². The van der Waals surface area contributed by atoms with Gasteiger partial charge in [-0.2, -0.15) is 4.73 Å². The summed E-state index contributed by atoms with van der Waals surface area (Å²) in [5.74, 6) is -12.6. The van der Waals surface area contributed by atoms with Crippen LogP contribution in [-0.2, 0) is 72.7 Å². The minimum absolute atomic E-state index is 0.0231. The molecule has 0 unspecified atom stereocenters. The summed E-state index contributed by atoms with van der Waals surface area (Å²) in [6, 6.07) is -3.88. The number of aromatic hydroxyl groups is 1. The van der Waals surface area contributed by atoms with Gasteiger partial charge in [-0.3, -0.25) is 52.7 Å². The molecule has 0 saturated heterocycles. The summed E-state index contributed by atoms with van der Waals surface area (Å²) in [7, 11) is 3.59. The normalized spacial score (nSPS) is 16.0. The molecular formula is C57H87N13O23. The van der Waals surface area contributed by atoms with Crippen LogP contribution < -0.4 is 53.3 Å². The molecular weight excluding hydrogens is 1230 g/mol. The molecule has 0 spiro atoms. The number of amides is 10. The molecule has 2 heterocycles. The number of aryl methyl sites for hydroxylation is 1. The smallest absolute Gasteiger partial charge is 0.254 e. The Balaban J connectivity index is 1.76. The number of ether oxygens (including phenoxy) is 1. The molecule has 20 N–H and O–H groups in total. The molecule has 13 atom stereocenters. The van der Waals surface area contributed by atoms with Crippen LogP contribution >= 0.6 is 0 Å². The van der Waals surface area contributed by atoms with Gasteiger partial charge < -0.3 is 118 Å². The third-order valence-electron chi connectivity index (χ3n) is 14.4. The zero-order valence-corrected chi connectivity index (χ0v) is 53.1. The van der Waals surface area contributed by atoms with Crippen molar-refractivity contribution in [1.29, 1.82) is 0 Å². The van der Waals surface area contributed by atoms with Gasteiger partial charge in [0.1, 0.15) is 60.6 Å². The number of aliphatic hydroxyl groups excluding tert-OH is 7. The van der Waals surface area contributed by atoms with Crippen molar-refractivity contribution in [2.45, 2.75) is 158 Å². The van der Waals surface area contributed by atoms with Gasteiger partial charge in [0.15, 0.2) is 18.0 Å². The minimum atomic E-state index is -2.40. The zero-order chi connectivity index (χ0) is 70.8. The Morgan fingerprint density at radius 2 is 1.22 bits per heavy atom.